The minimum atomic E-state index is -0.847. The predicted molar refractivity (Wildman–Crippen MR) is 92.1 cm³/mol. The van der Waals surface area contributed by atoms with E-state index in [0.29, 0.717) is 25.9 Å². The SMILES string of the molecule is CCCN(CCC)C(=O)C1CCN(C(=O)c2ccc(F)cc2F)CC1. The number of carbonyl (C=O) groups excluding carboxylic acids is 2. The van der Waals surface area contributed by atoms with Crippen LogP contribution in [0.2, 0.25) is 0 Å². The highest BCUT2D eigenvalue weighted by Gasteiger charge is 2.30. The average molecular weight is 352 g/mol. The summed E-state index contributed by atoms with van der Waals surface area (Å²) < 4.78 is 26.8. The Balaban J connectivity index is 1.96. The highest BCUT2D eigenvalue weighted by atomic mass is 19.1. The van der Waals surface area contributed by atoms with Gasteiger partial charge in [-0.1, -0.05) is 13.8 Å². The van der Waals surface area contributed by atoms with Crippen LogP contribution in [0.15, 0.2) is 18.2 Å². The molecule has 138 valence electrons. The molecule has 25 heavy (non-hydrogen) atoms. The Kier molecular flexibility index (Phi) is 6.91. The van der Waals surface area contributed by atoms with Crippen molar-refractivity contribution in [2.24, 2.45) is 5.92 Å². The number of rotatable bonds is 6. The molecule has 1 aromatic rings. The lowest BCUT2D eigenvalue weighted by Gasteiger charge is -2.34. The number of hydrogen-bond donors (Lipinski definition) is 0. The lowest BCUT2D eigenvalue weighted by atomic mass is 9.94. The van der Waals surface area contributed by atoms with E-state index in [-0.39, 0.29) is 17.4 Å². The molecule has 0 spiro atoms. The second-order valence-corrected chi connectivity index (χ2v) is 6.52. The number of nitrogens with zero attached hydrogens (tertiary/aromatic N) is 2. The van der Waals surface area contributed by atoms with E-state index in [1.807, 2.05) is 4.90 Å². The number of likely N-dealkylation sites (tertiary alicyclic amines) is 1. The summed E-state index contributed by atoms with van der Waals surface area (Å²) in [6, 6.07) is 2.98. The molecule has 1 aromatic carbocycles. The lowest BCUT2D eigenvalue weighted by molar-refractivity contribution is -0.137. The van der Waals surface area contributed by atoms with Crippen molar-refractivity contribution in [1.29, 1.82) is 0 Å². The lowest BCUT2D eigenvalue weighted by Crippen LogP contribution is -2.45. The van der Waals surface area contributed by atoms with Gasteiger partial charge in [0.1, 0.15) is 11.6 Å². The van der Waals surface area contributed by atoms with Crippen molar-refractivity contribution < 1.29 is 18.4 Å². The minimum absolute atomic E-state index is 0.0831. The Labute approximate surface area is 147 Å². The molecule has 1 heterocycles. The molecule has 4 nitrogen and oxygen atoms in total. The number of carbonyl (C=O) groups is 2. The van der Waals surface area contributed by atoms with Gasteiger partial charge in [0.2, 0.25) is 5.91 Å². The number of amides is 2. The molecule has 1 saturated heterocycles. The summed E-state index contributed by atoms with van der Waals surface area (Å²) in [5.41, 5.74) is -0.121. The van der Waals surface area contributed by atoms with Crippen LogP contribution >= 0.6 is 0 Å². The smallest absolute Gasteiger partial charge is 0.256 e. The molecule has 0 N–H and O–H groups in total. The van der Waals surface area contributed by atoms with Gasteiger partial charge in [0.25, 0.3) is 5.91 Å². The van der Waals surface area contributed by atoms with Crippen LogP contribution in [0.25, 0.3) is 0 Å². The van der Waals surface area contributed by atoms with Gasteiger partial charge in [0.15, 0.2) is 0 Å². The van der Waals surface area contributed by atoms with Gasteiger partial charge in [-0.05, 0) is 37.8 Å². The highest BCUT2D eigenvalue weighted by Crippen LogP contribution is 2.22. The van der Waals surface area contributed by atoms with E-state index in [2.05, 4.69) is 13.8 Å². The third kappa shape index (κ3) is 4.77. The molecule has 0 unspecified atom stereocenters. The quantitative estimate of drug-likeness (QED) is 0.787. The van der Waals surface area contributed by atoms with Gasteiger partial charge >= 0.3 is 0 Å². The van der Waals surface area contributed by atoms with Gasteiger partial charge in [-0.25, -0.2) is 8.78 Å². The van der Waals surface area contributed by atoms with Crippen molar-refractivity contribution in [2.45, 2.75) is 39.5 Å². The first-order chi connectivity index (χ1) is 12.0. The van der Waals surface area contributed by atoms with Crippen LogP contribution in [0.5, 0.6) is 0 Å². The van der Waals surface area contributed by atoms with Crippen molar-refractivity contribution >= 4 is 11.8 Å². The topological polar surface area (TPSA) is 40.6 Å². The molecule has 0 aromatic heterocycles. The Morgan fingerprint density at radius 1 is 1.12 bits per heavy atom. The first-order valence-corrected chi connectivity index (χ1v) is 9.01. The van der Waals surface area contributed by atoms with E-state index in [9.17, 15) is 18.4 Å². The Bertz CT molecular complexity index is 607. The molecule has 2 amide bonds. The molecule has 0 saturated carbocycles. The monoisotopic (exact) mass is 352 g/mol. The van der Waals surface area contributed by atoms with Gasteiger partial charge in [-0.3, -0.25) is 9.59 Å². The standard InChI is InChI=1S/C19H26F2N2O2/c1-3-9-22(10-4-2)18(24)14-7-11-23(12-8-14)19(25)16-6-5-15(20)13-17(16)21/h5-6,13-14H,3-4,7-12H2,1-2H3. The molecule has 2 rings (SSSR count). The van der Waals surface area contributed by atoms with E-state index in [1.165, 1.54) is 6.07 Å². The maximum atomic E-state index is 13.8. The minimum Gasteiger partial charge on any atom is -0.342 e. The van der Waals surface area contributed by atoms with Crippen molar-refractivity contribution in [3.63, 3.8) is 0 Å². The first-order valence-electron chi connectivity index (χ1n) is 9.01. The molecule has 6 heteroatoms. The van der Waals surface area contributed by atoms with Crippen molar-refractivity contribution in [1.82, 2.24) is 9.80 Å². The molecular formula is C19H26F2N2O2. The largest absolute Gasteiger partial charge is 0.342 e. The number of benzene rings is 1. The van der Waals surface area contributed by atoms with Crippen molar-refractivity contribution in [3.05, 3.63) is 35.4 Å². The molecular weight excluding hydrogens is 326 g/mol. The fourth-order valence-electron chi connectivity index (χ4n) is 3.29. The van der Waals surface area contributed by atoms with Crippen LogP contribution in [0.4, 0.5) is 8.78 Å². The summed E-state index contributed by atoms with van der Waals surface area (Å²) in [6.45, 7) is 6.44. The van der Waals surface area contributed by atoms with Crippen molar-refractivity contribution in [3.8, 4) is 0 Å². The molecule has 0 radical (unpaired) electrons. The summed E-state index contributed by atoms with van der Waals surface area (Å²) in [4.78, 5) is 28.5. The number of piperidine rings is 1. The van der Waals surface area contributed by atoms with Gasteiger partial charge < -0.3 is 9.80 Å². The highest BCUT2D eigenvalue weighted by molar-refractivity contribution is 5.94. The molecule has 1 aliphatic rings. The third-order valence-corrected chi connectivity index (χ3v) is 4.59. The van der Waals surface area contributed by atoms with E-state index in [0.717, 1.165) is 38.1 Å². The van der Waals surface area contributed by atoms with Gasteiger partial charge in [0.05, 0.1) is 5.56 Å². The van der Waals surface area contributed by atoms with Crippen LogP contribution in [0.1, 0.15) is 49.9 Å². The van der Waals surface area contributed by atoms with Crippen LogP contribution in [-0.2, 0) is 4.79 Å². The van der Waals surface area contributed by atoms with E-state index >= 15 is 0 Å². The maximum Gasteiger partial charge on any atom is 0.256 e. The zero-order valence-corrected chi connectivity index (χ0v) is 14.9. The van der Waals surface area contributed by atoms with E-state index in [1.54, 1.807) is 4.90 Å². The summed E-state index contributed by atoms with van der Waals surface area (Å²) >= 11 is 0. The fraction of sp³-hybridized carbons (Fsp3) is 0.579. The summed E-state index contributed by atoms with van der Waals surface area (Å²) in [5.74, 6) is -1.92. The number of hydrogen-bond acceptors (Lipinski definition) is 2. The Morgan fingerprint density at radius 3 is 2.24 bits per heavy atom. The Morgan fingerprint density at radius 2 is 1.72 bits per heavy atom. The number of halogens is 2. The predicted octanol–water partition coefficient (Wildman–Crippen LogP) is 3.47. The summed E-state index contributed by atoms with van der Waals surface area (Å²) in [5, 5.41) is 0. The van der Waals surface area contributed by atoms with E-state index in [4.69, 9.17) is 0 Å². The molecule has 0 atom stereocenters. The second kappa shape index (κ2) is 8.92. The molecule has 1 aliphatic heterocycles. The van der Waals surface area contributed by atoms with Crippen LogP contribution < -0.4 is 0 Å². The second-order valence-electron chi connectivity index (χ2n) is 6.52. The maximum absolute atomic E-state index is 13.8. The van der Waals surface area contributed by atoms with Gasteiger partial charge in [0, 0.05) is 38.2 Å². The van der Waals surface area contributed by atoms with Crippen molar-refractivity contribution in [2.75, 3.05) is 26.2 Å². The zero-order chi connectivity index (χ0) is 18.4. The van der Waals surface area contributed by atoms with Crippen LogP contribution in [0, 0.1) is 17.6 Å². The molecule has 0 aliphatic carbocycles. The molecule has 1 fully saturated rings. The normalized spacial score (nSPS) is 15.3. The summed E-state index contributed by atoms with van der Waals surface area (Å²) in [7, 11) is 0. The van der Waals surface area contributed by atoms with Crippen LogP contribution in [-0.4, -0.2) is 47.8 Å². The first kappa shape index (κ1) is 19.3. The van der Waals surface area contributed by atoms with Gasteiger partial charge in [-0.15, -0.1) is 0 Å². The zero-order valence-electron chi connectivity index (χ0n) is 14.9. The average Bonchev–Trinajstić information content (AvgIpc) is 2.60. The van der Waals surface area contributed by atoms with Crippen LogP contribution in [0.3, 0.4) is 0 Å². The third-order valence-electron chi connectivity index (χ3n) is 4.59. The van der Waals surface area contributed by atoms with Gasteiger partial charge in [-0.2, -0.15) is 0 Å². The fourth-order valence-corrected chi connectivity index (χ4v) is 3.29. The molecule has 0 bridgehead atoms. The summed E-state index contributed by atoms with van der Waals surface area (Å²) in [6.07, 6.45) is 3.01. The Hall–Kier alpha value is -1.98. The van der Waals surface area contributed by atoms with E-state index < -0.39 is 17.5 Å².